The maximum Gasteiger partial charge on any atom is 0.227 e. The molecule has 0 N–H and O–H groups in total. The molecule has 1 atom stereocenters. The lowest BCUT2D eigenvalue weighted by molar-refractivity contribution is -0.134. The van der Waals surface area contributed by atoms with Crippen LogP contribution in [0.25, 0.3) is 0 Å². The second-order valence-corrected chi connectivity index (χ2v) is 8.92. The molecule has 6 nitrogen and oxygen atoms in total. The lowest BCUT2D eigenvalue weighted by atomic mass is 10.1. The molecule has 174 valence electrons. The summed E-state index contributed by atoms with van der Waals surface area (Å²) in [5.74, 6) is 3.21. The van der Waals surface area contributed by atoms with Crippen LogP contribution < -0.4 is 9.47 Å². The van der Waals surface area contributed by atoms with Crippen molar-refractivity contribution in [2.45, 2.75) is 26.3 Å². The molecule has 0 radical (unpaired) electrons. The summed E-state index contributed by atoms with van der Waals surface area (Å²) in [4.78, 5) is 22.3. The molecule has 5 rings (SSSR count). The second-order valence-electron chi connectivity index (χ2n) is 8.92. The second kappa shape index (κ2) is 9.21. The van der Waals surface area contributed by atoms with Gasteiger partial charge in [0.25, 0.3) is 0 Å². The van der Waals surface area contributed by atoms with Gasteiger partial charge in [0.2, 0.25) is 5.91 Å². The van der Waals surface area contributed by atoms with Crippen molar-refractivity contribution in [1.82, 2.24) is 9.80 Å². The molecule has 2 heterocycles. The average molecular weight is 456 g/mol. The number of benzene rings is 3. The molecule has 1 amide bonds. The third-order valence-electron chi connectivity index (χ3n) is 6.44. The standard InChI is InChI=1S/C28H29N3O3/c1-19-9-12-24-26(15-19)34-25-17-22(33-3)10-11-23(25)28(29-24)30-13-14-31(20(2)18-30)27(32)16-21-7-5-4-6-8-21/h4-12,15,17,20H,13-14,16,18H2,1-3H3/t20-/m1/s1. The average Bonchev–Trinajstić information content (AvgIpc) is 3.00. The number of nitrogens with zero attached hydrogens (tertiary/aromatic N) is 3. The lowest BCUT2D eigenvalue weighted by Gasteiger charge is -2.41. The van der Waals surface area contributed by atoms with Gasteiger partial charge in [0.15, 0.2) is 5.75 Å². The summed E-state index contributed by atoms with van der Waals surface area (Å²) in [6.45, 7) is 6.20. The fourth-order valence-corrected chi connectivity index (χ4v) is 4.62. The number of aliphatic imine (C=N–C) groups is 1. The number of hydrogen-bond donors (Lipinski definition) is 0. The van der Waals surface area contributed by atoms with Crippen molar-refractivity contribution in [3.8, 4) is 17.2 Å². The van der Waals surface area contributed by atoms with Crippen LogP contribution in [0.3, 0.4) is 0 Å². The van der Waals surface area contributed by atoms with Crippen molar-refractivity contribution in [3.63, 3.8) is 0 Å². The van der Waals surface area contributed by atoms with Gasteiger partial charge in [0.1, 0.15) is 23.0 Å². The summed E-state index contributed by atoms with van der Waals surface area (Å²) in [5.41, 5.74) is 3.88. The predicted molar refractivity (Wildman–Crippen MR) is 133 cm³/mol. The van der Waals surface area contributed by atoms with E-state index in [1.54, 1.807) is 7.11 Å². The molecule has 1 saturated heterocycles. The number of aryl methyl sites for hydroxylation is 1. The zero-order valence-corrected chi connectivity index (χ0v) is 19.8. The lowest BCUT2D eigenvalue weighted by Crippen LogP contribution is -2.55. The third kappa shape index (κ3) is 4.36. The summed E-state index contributed by atoms with van der Waals surface area (Å²) >= 11 is 0. The van der Waals surface area contributed by atoms with Gasteiger partial charge in [-0.15, -0.1) is 0 Å². The number of methoxy groups -OCH3 is 1. The molecule has 6 heteroatoms. The van der Waals surface area contributed by atoms with E-state index in [4.69, 9.17) is 14.5 Å². The number of carbonyl (C=O) groups is 1. The van der Waals surface area contributed by atoms with Gasteiger partial charge in [0.05, 0.1) is 19.1 Å². The Labute approximate surface area is 200 Å². The highest BCUT2D eigenvalue weighted by molar-refractivity contribution is 6.04. The number of carbonyl (C=O) groups excluding carboxylic acids is 1. The van der Waals surface area contributed by atoms with Crippen LogP contribution in [0.4, 0.5) is 5.69 Å². The third-order valence-corrected chi connectivity index (χ3v) is 6.44. The molecule has 0 aromatic heterocycles. The largest absolute Gasteiger partial charge is 0.497 e. The molecule has 3 aromatic rings. The number of piperazine rings is 1. The highest BCUT2D eigenvalue weighted by Gasteiger charge is 2.31. The Bertz CT molecular complexity index is 1240. The van der Waals surface area contributed by atoms with Crippen molar-refractivity contribution in [3.05, 3.63) is 83.4 Å². The fraction of sp³-hybridized carbons (Fsp3) is 0.286. The SMILES string of the molecule is COc1ccc2c(c1)Oc1cc(C)ccc1N=C2N1CCN(C(=O)Cc2ccccc2)[C@H](C)C1. The Hall–Kier alpha value is -3.80. The molecule has 34 heavy (non-hydrogen) atoms. The minimum Gasteiger partial charge on any atom is -0.497 e. The first-order chi connectivity index (χ1) is 16.5. The summed E-state index contributed by atoms with van der Waals surface area (Å²) in [5, 5.41) is 0. The smallest absolute Gasteiger partial charge is 0.227 e. The van der Waals surface area contributed by atoms with Crippen molar-refractivity contribution in [1.29, 1.82) is 0 Å². The molecule has 2 aliphatic heterocycles. The van der Waals surface area contributed by atoms with Gasteiger partial charge in [0, 0.05) is 31.7 Å². The van der Waals surface area contributed by atoms with Gasteiger partial charge in [-0.05, 0) is 49.2 Å². The van der Waals surface area contributed by atoms with E-state index in [1.807, 2.05) is 78.6 Å². The highest BCUT2D eigenvalue weighted by Crippen LogP contribution is 2.40. The van der Waals surface area contributed by atoms with Crippen molar-refractivity contribution in [2.75, 3.05) is 26.7 Å². The number of fused-ring (bicyclic) bond motifs is 2. The van der Waals surface area contributed by atoms with Crippen molar-refractivity contribution < 1.29 is 14.3 Å². The van der Waals surface area contributed by atoms with Crippen LogP contribution in [0, 0.1) is 6.92 Å². The summed E-state index contributed by atoms with van der Waals surface area (Å²) in [6.07, 6.45) is 0.426. The van der Waals surface area contributed by atoms with E-state index in [1.165, 1.54) is 0 Å². The van der Waals surface area contributed by atoms with Gasteiger partial charge in [-0.1, -0.05) is 36.4 Å². The van der Waals surface area contributed by atoms with E-state index >= 15 is 0 Å². The van der Waals surface area contributed by atoms with Crippen molar-refractivity contribution >= 4 is 17.4 Å². The quantitative estimate of drug-likeness (QED) is 0.560. The van der Waals surface area contributed by atoms with Gasteiger partial charge >= 0.3 is 0 Å². The summed E-state index contributed by atoms with van der Waals surface area (Å²) < 4.78 is 11.8. The monoisotopic (exact) mass is 455 g/mol. The molecule has 0 spiro atoms. The molecule has 1 fully saturated rings. The topological polar surface area (TPSA) is 54.4 Å². The summed E-state index contributed by atoms with van der Waals surface area (Å²) in [6, 6.07) is 21.9. The van der Waals surface area contributed by atoms with E-state index in [0.29, 0.717) is 26.1 Å². The number of hydrogen-bond acceptors (Lipinski definition) is 5. The predicted octanol–water partition coefficient (Wildman–Crippen LogP) is 4.96. The molecule has 2 aliphatic rings. The Kier molecular flexibility index (Phi) is 5.97. The van der Waals surface area contributed by atoms with E-state index in [9.17, 15) is 4.79 Å². The van der Waals surface area contributed by atoms with E-state index in [0.717, 1.165) is 45.5 Å². The first-order valence-electron chi connectivity index (χ1n) is 11.7. The molecule has 0 unspecified atom stereocenters. The van der Waals surface area contributed by atoms with Crippen LogP contribution in [-0.4, -0.2) is 54.3 Å². The molecular formula is C28H29N3O3. The fourth-order valence-electron chi connectivity index (χ4n) is 4.62. The minimum atomic E-state index is 0.0658. The highest BCUT2D eigenvalue weighted by atomic mass is 16.5. The number of ether oxygens (including phenoxy) is 2. The van der Waals surface area contributed by atoms with Crippen LogP contribution in [0.5, 0.6) is 17.2 Å². The van der Waals surface area contributed by atoms with Gasteiger partial charge in [-0.25, -0.2) is 4.99 Å². The maximum absolute atomic E-state index is 13.0. The number of amidine groups is 1. The zero-order valence-electron chi connectivity index (χ0n) is 19.8. The van der Waals surface area contributed by atoms with Crippen LogP contribution in [0.2, 0.25) is 0 Å². The minimum absolute atomic E-state index is 0.0658. The molecule has 0 aliphatic carbocycles. The van der Waals surface area contributed by atoms with Gasteiger partial charge < -0.3 is 19.3 Å². The van der Waals surface area contributed by atoms with E-state index in [2.05, 4.69) is 11.8 Å². The number of rotatable bonds is 3. The van der Waals surface area contributed by atoms with Crippen LogP contribution in [-0.2, 0) is 11.2 Å². The first-order valence-corrected chi connectivity index (χ1v) is 11.7. The molecule has 0 saturated carbocycles. The Morgan fingerprint density at radius 2 is 1.88 bits per heavy atom. The molecular weight excluding hydrogens is 426 g/mol. The molecule has 0 bridgehead atoms. The van der Waals surface area contributed by atoms with E-state index in [-0.39, 0.29) is 11.9 Å². The van der Waals surface area contributed by atoms with Crippen LogP contribution >= 0.6 is 0 Å². The Morgan fingerprint density at radius 3 is 2.65 bits per heavy atom. The van der Waals surface area contributed by atoms with E-state index < -0.39 is 0 Å². The summed E-state index contributed by atoms with van der Waals surface area (Å²) in [7, 11) is 1.65. The van der Waals surface area contributed by atoms with Gasteiger partial charge in [-0.2, -0.15) is 0 Å². The van der Waals surface area contributed by atoms with Crippen molar-refractivity contribution in [2.24, 2.45) is 4.99 Å². The maximum atomic E-state index is 13.0. The zero-order chi connectivity index (χ0) is 23.7. The Morgan fingerprint density at radius 1 is 1.06 bits per heavy atom. The normalized spacial score (nSPS) is 17.1. The number of amides is 1. The Balaban J connectivity index is 1.42. The van der Waals surface area contributed by atoms with Crippen LogP contribution in [0.1, 0.15) is 23.6 Å². The molecule has 3 aromatic carbocycles. The van der Waals surface area contributed by atoms with Crippen LogP contribution in [0.15, 0.2) is 71.7 Å². The van der Waals surface area contributed by atoms with Gasteiger partial charge in [-0.3, -0.25) is 4.79 Å². The first kappa shape index (κ1) is 22.0.